The van der Waals surface area contributed by atoms with Crippen LogP contribution in [0.15, 0.2) is 88.4 Å². The highest BCUT2D eigenvalue weighted by Crippen LogP contribution is 2.35. The Bertz CT molecular complexity index is 1460. The van der Waals surface area contributed by atoms with Crippen molar-refractivity contribution in [2.45, 2.75) is 26.4 Å². The van der Waals surface area contributed by atoms with E-state index in [1.54, 1.807) is 0 Å². The normalized spacial score (nSPS) is 14.8. The number of thioether (sulfide) groups is 1. The number of carbonyl (C=O) groups is 2. The number of halogens is 1. The predicted octanol–water partition coefficient (Wildman–Crippen LogP) is 7.42. The van der Waals surface area contributed by atoms with Gasteiger partial charge in [0.1, 0.15) is 5.75 Å². The summed E-state index contributed by atoms with van der Waals surface area (Å²) in [7, 11) is 0. The molecule has 5 rings (SSSR count). The standard InChI is InChI=1S/C29H25BrN2O3S/c1-20-7-2-5-10-26(20)35-16-6-15-31-19-22(24-8-3-4-9-25(24)31)17-27-28(33)32(29(34)36-27)18-21-11-13-23(30)14-12-21/h2-5,7-14,17,19H,6,15-16,18H2,1H3/b27-17-. The summed E-state index contributed by atoms with van der Waals surface area (Å²) in [5, 5.41) is 0.809. The number of hydrogen-bond donors (Lipinski definition) is 0. The van der Waals surface area contributed by atoms with Gasteiger partial charge in [0.25, 0.3) is 11.1 Å². The summed E-state index contributed by atoms with van der Waals surface area (Å²) in [6, 6.07) is 23.8. The second kappa shape index (κ2) is 10.8. The van der Waals surface area contributed by atoms with E-state index in [0.717, 1.165) is 62.5 Å². The van der Waals surface area contributed by atoms with Crippen molar-refractivity contribution in [1.82, 2.24) is 9.47 Å². The topological polar surface area (TPSA) is 51.5 Å². The lowest BCUT2D eigenvalue weighted by Gasteiger charge is -2.12. The van der Waals surface area contributed by atoms with Crippen LogP contribution >= 0.6 is 27.7 Å². The van der Waals surface area contributed by atoms with Crippen LogP contribution in [0, 0.1) is 6.92 Å². The van der Waals surface area contributed by atoms with Crippen LogP contribution in [0.25, 0.3) is 17.0 Å². The fourth-order valence-electron chi connectivity index (χ4n) is 4.26. The molecule has 0 radical (unpaired) electrons. The number of carbonyl (C=O) groups excluding carboxylic acids is 2. The Morgan fingerprint density at radius 1 is 0.972 bits per heavy atom. The van der Waals surface area contributed by atoms with E-state index < -0.39 is 0 Å². The molecule has 0 unspecified atom stereocenters. The summed E-state index contributed by atoms with van der Waals surface area (Å²) < 4.78 is 9.10. The van der Waals surface area contributed by atoms with Crippen molar-refractivity contribution < 1.29 is 14.3 Å². The van der Waals surface area contributed by atoms with Gasteiger partial charge in [0.05, 0.1) is 18.1 Å². The Hall–Kier alpha value is -3.29. The van der Waals surface area contributed by atoms with Crippen molar-refractivity contribution in [1.29, 1.82) is 0 Å². The number of rotatable bonds is 8. The summed E-state index contributed by atoms with van der Waals surface area (Å²) >= 11 is 4.41. The second-order valence-corrected chi connectivity index (χ2v) is 10.6. The smallest absolute Gasteiger partial charge is 0.293 e. The SMILES string of the molecule is Cc1ccccc1OCCCn1cc(/C=C2\SC(=O)N(Cc3ccc(Br)cc3)C2=O)c2ccccc21. The monoisotopic (exact) mass is 560 g/mol. The molecule has 1 aliphatic heterocycles. The maximum atomic E-state index is 13.1. The molecule has 2 heterocycles. The minimum atomic E-state index is -0.253. The first-order valence-electron chi connectivity index (χ1n) is 11.8. The van der Waals surface area contributed by atoms with E-state index in [4.69, 9.17) is 4.74 Å². The average Bonchev–Trinajstić information content (AvgIpc) is 3.36. The van der Waals surface area contributed by atoms with Crippen LogP contribution < -0.4 is 4.74 Å². The van der Waals surface area contributed by atoms with Crippen LogP contribution in [0.1, 0.15) is 23.1 Å². The maximum Gasteiger partial charge on any atom is 0.293 e. The van der Waals surface area contributed by atoms with Crippen molar-refractivity contribution in [3.8, 4) is 5.75 Å². The van der Waals surface area contributed by atoms with Gasteiger partial charge in [0.15, 0.2) is 0 Å². The van der Waals surface area contributed by atoms with E-state index in [2.05, 4.69) is 32.8 Å². The number of imide groups is 1. The van der Waals surface area contributed by atoms with Crippen LogP contribution in [0.3, 0.4) is 0 Å². The predicted molar refractivity (Wildman–Crippen MR) is 149 cm³/mol. The quantitative estimate of drug-likeness (QED) is 0.166. The van der Waals surface area contributed by atoms with Crippen LogP contribution in [0.5, 0.6) is 5.75 Å². The minimum absolute atomic E-state index is 0.244. The van der Waals surface area contributed by atoms with E-state index >= 15 is 0 Å². The third-order valence-corrected chi connectivity index (χ3v) is 7.56. The number of aryl methyl sites for hydroxylation is 2. The Labute approximate surface area is 222 Å². The number of hydrogen-bond acceptors (Lipinski definition) is 4. The number of aromatic nitrogens is 1. The number of para-hydroxylation sites is 2. The van der Waals surface area contributed by atoms with Crippen molar-refractivity contribution in [3.05, 3.63) is 105 Å². The molecular weight excluding hydrogens is 536 g/mol. The lowest BCUT2D eigenvalue weighted by molar-refractivity contribution is -0.123. The summed E-state index contributed by atoms with van der Waals surface area (Å²) in [6.45, 7) is 3.70. The number of fused-ring (bicyclic) bond motifs is 1. The summed E-state index contributed by atoms with van der Waals surface area (Å²) in [5.41, 5.74) is 4.06. The van der Waals surface area contributed by atoms with Gasteiger partial charge >= 0.3 is 0 Å². The number of ether oxygens (including phenoxy) is 1. The van der Waals surface area contributed by atoms with E-state index in [1.165, 1.54) is 4.90 Å². The first kappa shape index (κ1) is 24.4. The molecule has 0 aliphatic carbocycles. The summed E-state index contributed by atoms with van der Waals surface area (Å²) in [4.78, 5) is 27.5. The highest BCUT2D eigenvalue weighted by Gasteiger charge is 2.35. The Balaban J connectivity index is 1.31. The van der Waals surface area contributed by atoms with Crippen molar-refractivity contribution in [2.24, 2.45) is 0 Å². The summed E-state index contributed by atoms with van der Waals surface area (Å²) in [5.74, 6) is 0.658. The third kappa shape index (κ3) is 5.27. The zero-order valence-corrected chi connectivity index (χ0v) is 22.2. The zero-order chi connectivity index (χ0) is 25.1. The van der Waals surface area contributed by atoms with Gasteiger partial charge in [-0.2, -0.15) is 0 Å². The molecule has 0 bridgehead atoms. The second-order valence-electron chi connectivity index (χ2n) is 8.66. The fourth-order valence-corrected chi connectivity index (χ4v) is 5.35. The van der Waals surface area contributed by atoms with E-state index in [9.17, 15) is 9.59 Å². The first-order chi connectivity index (χ1) is 17.5. The fraction of sp³-hybridized carbons (Fsp3) is 0.172. The van der Waals surface area contributed by atoms with Gasteiger partial charge in [-0.25, -0.2) is 0 Å². The Morgan fingerprint density at radius 2 is 1.72 bits per heavy atom. The molecule has 3 aromatic carbocycles. The molecule has 1 aromatic heterocycles. The lowest BCUT2D eigenvalue weighted by Crippen LogP contribution is -2.27. The minimum Gasteiger partial charge on any atom is -0.493 e. The molecule has 182 valence electrons. The van der Waals surface area contributed by atoms with Gasteiger partial charge in [-0.15, -0.1) is 0 Å². The van der Waals surface area contributed by atoms with Gasteiger partial charge in [-0.05, 0) is 66.6 Å². The van der Waals surface area contributed by atoms with Gasteiger partial charge in [-0.3, -0.25) is 14.5 Å². The molecule has 7 heteroatoms. The van der Waals surface area contributed by atoms with Crippen LogP contribution in [-0.2, 0) is 17.9 Å². The highest BCUT2D eigenvalue weighted by molar-refractivity contribution is 9.10. The molecule has 2 amide bonds. The molecule has 0 saturated carbocycles. The van der Waals surface area contributed by atoms with E-state index in [-0.39, 0.29) is 17.7 Å². The third-order valence-electron chi connectivity index (χ3n) is 6.13. The molecule has 1 fully saturated rings. The van der Waals surface area contributed by atoms with Crippen molar-refractivity contribution in [2.75, 3.05) is 6.61 Å². The van der Waals surface area contributed by atoms with Gasteiger partial charge < -0.3 is 9.30 Å². The molecule has 0 N–H and O–H groups in total. The molecule has 1 aliphatic rings. The summed E-state index contributed by atoms with van der Waals surface area (Å²) in [6.07, 6.45) is 4.74. The van der Waals surface area contributed by atoms with Gasteiger partial charge in [0, 0.05) is 33.7 Å². The Morgan fingerprint density at radius 3 is 2.53 bits per heavy atom. The van der Waals surface area contributed by atoms with Gasteiger partial charge in [-0.1, -0.05) is 64.5 Å². The molecule has 0 atom stereocenters. The van der Waals surface area contributed by atoms with Crippen molar-refractivity contribution >= 4 is 55.8 Å². The van der Waals surface area contributed by atoms with Crippen LogP contribution in [0.4, 0.5) is 4.79 Å². The van der Waals surface area contributed by atoms with E-state index in [0.29, 0.717) is 11.5 Å². The van der Waals surface area contributed by atoms with Crippen molar-refractivity contribution in [3.63, 3.8) is 0 Å². The number of nitrogens with zero attached hydrogens (tertiary/aromatic N) is 2. The van der Waals surface area contributed by atoms with Gasteiger partial charge in [0.2, 0.25) is 0 Å². The molecule has 36 heavy (non-hydrogen) atoms. The lowest BCUT2D eigenvalue weighted by atomic mass is 10.1. The average molecular weight is 562 g/mol. The number of amides is 2. The van der Waals surface area contributed by atoms with Crippen LogP contribution in [0.2, 0.25) is 0 Å². The molecule has 0 spiro atoms. The highest BCUT2D eigenvalue weighted by atomic mass is 79.9. The largest absolute Gasteiger partial charge is 0.493 e. The molecule has 1 saturated heterocycles. The molecular formula is C29H25BrN2O3S. The maximum absolute atomic E-state index is 13.1. The number of benzene rings is 3. The molecule has 4 aromatic rings. The van der Waals surface area contributed by atoms with E-state index in [1.807, 2.05) is 79.7 Å². The molecule has 5 nitrogen and oxygen atoms in total. The zero-order valence-electron chi connectivity index (χ0n) is 19.8. The Kier molecular flexibility index (Phi) is 7.30. The van der Waals surface area contributed by atoms with Crippen LogP contribution in [-0.4, -0.2) is 27.2 Å². The first-order valence-corrected chi connectivity index (χ1v) is 13.4.